The second-order valence-corrected chi connectivity index (χ2v) is 6.03. The Morgan fingerprint density at radius 2 is 1.95 bits per heavy atom. The van der Waals surface area contributed by atoms with Crippen LogP contribution >= 0.6 is 23.2 Å². The lowest BCUT2D eigenvalue weighted by Gasteiger charge is -2.37. The minimum atomic E-state index is -0.0534. The molecule has 2 heterocycles. The van der Waals surface area contributed by atoms with E-state index in [0.29, 0.717) is 21.8 Å². The van der Waals surface area contributed by atoms with Gasteiger partial charge < -0.3 is 9.80 Å². The van der Waals surface area contributed by atoms with Crippen LogP contribution in [-0.4, -0.2) is 52.9 Å². The molecule has 0 atom stereocenters. The molecule has 21 heavy (non-hydrogen) atoms. The highest BCUT2D eigenvalue weighted by atomic mass is 35.5. The maximum Gasteiger partial charge on any atom is 0.255 e. The predicted octanol–water partition coefficient (Wildman–Crippen LogP) is 3.33. The van der Waals surface area contributed by atoms with Gasteiger partial charge in [-0.3, -0.25) is 4.79 Å². The Labute approximate surface area is 136 Å². The Kier molecular flexibility index (Phi) is 5.85. The zero-order valence-electron chi connectivity index (χ0n) is 12.5. The summed E-state index contributed by atoms with van der Waals surface area (Å²) in [6.07, 6.45) is 3.44. The van der Waals surface area contributed by atoms with Crippen LogP contribution in [-0.2, 0) is 0 Å². The molecule has 1 amide bonds. The summed E-state index contributed by atoms with van der Waals surface area (Å²) in [7, 11) is 0. The average Bonchev–Trinajstić information content (AvgIpc) is 2.51. The lowest BCUT2D eigenvalue weighted by Crippen LogP contribution is -2.46. The molecule has 2 rings (SSSR count). The fourth-order valence-corrected chi connectivity index (χ4v) is 3.26. The summed E-state index contributed by atoms with van der Waals surface area (Å²) >= 11 is 11.9. The predicted molar refractivity (Wildman–Crippen MR) is 86.1 cm³/mol. The molecule has 0 aliphatic carbocycles. The van der Waals surface area contributed by atoms with E-state index < -0.39 is 0 Å². The molecule has 1 aromatic rings. The fraction of sp³-hybridized carbons (Fsp3) is 0.600. The fourth-order valence-electron chi connectivity index (χ4n) is 2.92. The lowest BCUT2D eigenvalue weighted by molar-refractivity contribution is 0.0631. The summed E-state index contributed by atoms with van der Waals surface area (Å²) < 4.78 is 0. The van der Waals surface area contributed by atoms with Gasteiger partial charge in [0.25, 0.3) is 5.91 Å². The third-order valence-electron chi connectivity index (χ3n) is 4.13. The molecule has 0 radical (unpaired) electrons. The highest BCUT2D eigenvalue weighted by molar-refractivity contribution is 6.35. The molecule has 0 aromatic carbocycles. The van der Waals surface area contributed by atoms with Gasteiger partial charge in [-0.05, 0) is 32.0 Å². The van der Waals surface area contributed by atoms with E-state index in [1.807, 2.05) is 4.90 Å². The lowest BCUT2D eigenvalue weighted by atomic mass is 10.0. The maximum absolute atomic E-state index is 12.5. The van der Waals surface area contributed by atoms with Crippen LogP contribution in [0.25, 0.3) is 0 Å². The number of likely N-dealkylation sites (tertiary alicyclic amines) is 1. The van der Waals surface area contributed by atoms with Crippen LogP contribution in [0, 0.1) is 0 Å². The minimum Gasteiger partial charge on any atom is -0.338 e. The third-order valence-corrected chi connectivity index (χ3v) is 4.64. The number of carbonyl (C=O) groups is 1. The van der Waals surface area contributed by atoms with Gasteiger partial charge in [-0.1, -0.05) is 37.0 Å². The highest BCUT2D eigenvalue weighted by Crippen LogP contribution is 2.23. The van der Waals surface area contributed by atoms with Crippen molar-refractivity contribution in [3.8, 4) is 0 Å². The molecule has 1 fully saturated rings. The first-order valence-electron chi connectivity index (χ1n) is 7.41. The van der Waals surface area contributed by atoms with Crippen molar-refractivity contribution in [3.63, 3.8) is 0 Å². The van der Waals surface area contributed by atoms with Crippen molar-refractivity contribution in [2.24, 2.45) is 0 Å². The summed E-state index contributed by atoms with van der Waals surface area (Å²) in [5.74, 6) is -0.0534. The summed E-state index contributed by atoms with van der Waals surface area (Å²) in [6.45, 7) is 7.99. The van der Waals surface area contributed by atoms with Crippen LogP contribution in [0.5, 0.6) is 0 Å². The highest BCUT2D eigenvalue weighted by Gasteiger charge is 2.27. The number of amides is 1. The SMILES string of the molecule is CCN(CC)C1CCN(C(=O)c2cc(Cl)ncc2Cl)CC1. The van der Waals surface area contributed by atoms with E-state index in [2.05, 4.69) is 23.7 Å². The first kappa shape index (κ1) is 16.5. The molecule has 0 spiro atoms. The van der Waals surface area contributed by atoms with Gasteiger partial charge in [-0.25, -0.2) is 4.98 Å². The first-order valence-corrected chi connectivity index (χ1v) is 8.16. The normalized spacial score (nSPS) is 16.5. The van der Waals surface area contributed by atoms with Crippen molar-refractivity contribution in [1.29, 1.82) is 0 Å². The molecule has 1 saturated heterocycles. The van der Waals surface area contributed by atoms with Crippen molar-refractivity contribution in [2.45, 2.75) is 32.7 Å². The van der Waals surface area contributed by atoms with Gasteiger partial charge in [0.2, 0.25) is 0 Å². The summed E-state index contributed by atoms with van der Waals surface area (Å²) in [5, 5.41) is 0.649. The van der Waals surface area contributed by atoms with Crippen LogP contribution in [0.2, 0.25) is 10.2 Å². The number of halogens is 2. The molecule has 116 valence electrons. The van der Waals surface area contributed by atoms with E-state index in [0.717, 1.165) is 39.0 Å². The number of piperidine rings is 1. The Hall–Kier alpha value is -0.840. The van der Waals surface area contributed by atoms with Crippen LogP contribution < -0.4 is 0 Å². The van der Waals surface area contributed by atoms with E-state index >= 15 is 0 Å². The number of carbonyl (C=O) groups excluding carboxylic acids is 1. The van der Waals surface area contributed by atoms with Gasteiger partial charge in [0.15, 0.2) is 0 Å². The first-order chi connectivity index (χ1) is 10.1. The molecule has 4 nitrogen and oxygen atoms in total. The molecule has 0 N–H and O–H groups in total. The third kappa shape index (κ3) is 3.87. The zero-order chi connectivity index (χ0) is 15.4. The van der Waals surface area contributed by atoms with Crippen LogP contribution in [0.15, 0.2) is 12.3 Å². The monoisotopic (exact) mass is 329 g/mol. The number of aromatic nitrogens is 1. The molecule has 1 aliphatic rings. The number of pyridine rings is 1. The smallest absolute Gasteiger partial charge is 0.255 e. The molecule has 1 aromatic heterocycles. The average molecular weight is 330 g/mol. The van der Waals surface area contributed by atoms with Gasteiger partial charge in [-0.2, -0.15) is 0 Å². The van der Waals surface area contributed by atoms with Crippen molar-refractivity contribution < 1.29 is 4.79 Å². The minimum absolute atomic E-state index is 0.0534. The summed E-state index contributed by atoms with van der Waals surface area (Å²) in [4.78, 5) is 20.7. The van der Waals surface area contributed by atoms with Crippen molar-refractivity contribution in [2.75, 3.05) is 26.2 Å². The van der Waals surface area contributed by atoms with Crippen molar-refractivity contribution >= 4 is 29.1 Å². The topological polar surface area (TPSA) is 36.4 Å². The van der Waals surface area contributed by atoms with Gasteiger partial charge in [-0.15, -0.1) is 0 Å². The number of rotatable bonds is 4. The quantitative estimate of drug-likeness (QED) is 0.795. The van der Waals surface area contributed by atoms with E-state index in [1.165, 1.54) is 6.20 Å². The number of hydrogen-bond donors (Lipinski definition) is 0. The molecular formula is C15H21Cl2N3O. The van der Waals surface area contributed by atoms with E-state index in [4.69, 9.17) is 23.2 Å². The standard InChI is InChI=1S/C15H21Cl2N3O/c1-3-19(4-2)11-5-7-20(8-6-11)15(21)12-9-14(17)18-10-13(12)16/h9-11H,3-8H2,1-2H3. The Bertz CT molecular complexity index is 498. The van der Waals surface area contributed by atoms with Crippen LogP contribution in [0.4, 0.5) is 0 Å². The number of hydrogen-bond acceptors (Lipinski definition) is 3. The van der Waals surface area contributed by atoms with Gasteiger partial charge in [0.1, 0.15) is 5.15 Å². The maximum atomic E-state index is 12.5. The molecule has 0 unspecified atom stereocenters. The Morgan fingerprint density at radius 3 is 2.52 bits per heavy atom. The van der Waals surface area contributed by atoms with E-state index in [1.54, 1.807) is 6.07 Å². The molecular weight excluding hydrogens is 309 g/mol. The van der Waals surface area contributed by atoms with Crippen LogP contribution in [0.1, 0.15) is 37.0 Å². The molecule has 0 bridgehead atoms. The second kappa shape index (κ2) is 7.43. The van der Waals surface area contributed by atoms with Gasteiger partial charge >= 0.3 is 0 Å². The summed E-state index contributed by atoms with van der Waals surface area (Å²) in [5.41, 5.74) is 0.443. The van der Waals surface area contributed by atoms with Gasteiger partial charge in [0.05, 0.1) is 10.6 Å². The zero-order valence-corrected chi connectivity index (χ0v) is 14.0. The van der Waals surface area contributed by atoms with Crippen LogP contribution in [0.3, 0.4) is 0 Å². The Balaban J connectivity index is 2.02. The van der Waals surface area contributed by atoms with Crippen molar-refractivity contribution in [1.82, 2.24) is 14.8 Å². The second-order valence-electron chi connectivity index (χ2n) is 5.23. The summed E-state index contributed by atoms with van der Waals surface area (Å²) in [6, 6.07) is 2.11. The van der Waals surface area contributed by atoms with Crippen molar-refractivity contribution in [3.05, 3.63) is 28.0 Å². The van der Waals surface area contributed by atoms with E-state index in [-0.39, 0.29) is 5.91 Å². The molecule has 6 heteroatoms. The molecule has 0 saturated carbocycles. The van der Waals surface area contributed by atoms with Gasteiger partial charge in [0, 0.05) is 25.3 Å². The van der Waals surface area contributed by atoms with E-state index in [9.17, 15) is 4.79 Å². The molecule has 1 aliphatic heterocycles. The largest absolute Gasteiger partial charge is 0.338 e. The Morgan fingerprint density at radius 1 is 1.33 bits per heavy atom. The number of nitrogens with zero attached hydrogens (tertiary/aromatic N) is 3.